The van der Waals surface area contributed by atoms with Crippen molar-refractivity contribution in [2.45, 2.75) is 32.2 Å². The Kier molecular flexibility index (Phi) is 3.83. The Hall–Kier alpha value is -0.800. The molecule has 0 heterocycles. The van der Waals surface area contributed by atoms with E-state index in [2.05, 4.69) is 19.2 Å². The van der Waals surface area contributed by atoms with E-state index in [1.807, 2.05) is 0 Å². The van der Waals surface area contributed by atoms with Crippen molar-refractivity contribution in [3.05, 3.63) is 29.0 Å². The second kappa shape index (κ2) is 5.06. The summed E-state index contributed by atoms with van der Waals surface area (Å²) in [7, 11) is 0. The Bertz CT molecular complexity index is 408. The molecule has 1 fully saturated rings. The first-order valence-electron chi connectivity index (χ1n) is 6.38. The molecule has 0 aliphatic heterocycles. The second-order valence-corrected chi connectivity index (χ2v) is 6.12. The van der Waals surface area contributed by atoms with Crippen LogP contribution in [0.25, 0.3) is 0 Å². The van der Waals surface area contributed by atoms with Crippen molar-refractivity contribution in [3.63, 3.8) is 0 Å². The van der Waals surface area contributed by atoms with Crippen LogP contribution in [0, 0.1) is 17.7 Å². The summed E-state index contributed by atoms with van der Waals surface area (Å²) >= 11 is 5.85. The van der Waals surface area contributed by atoms with Gasteiger partial charge in [-0.2, -0.15) is 0 Å². The monoisotopic (exact) mass is 270 g/mol. The molecule has 18 heavy (non-hydrogen) atoms. The number of halogens is 2. The van der Waals surface area contributed by atoms with Crippen LogP contribution in [0.4, 0.5) is 10.1 Å². The largest absolute Gasteiger partial charge is 0.378 e. The first-order valence-corrected chi connectivity index (χ1v) is 6.76. The Morgan fingerprint density at radius 3 is 2.61 bits per heavy atom. The van der Waals surface area contributed by atoms with Crippen molar-refractivity contribution in [1.29, 1.82) is 0 Å². The Labute approximate surface area is 113 Å². The molecule has 1 aromatic carbocycles. The molecule has 0 radical (unpaired) electrons. The third-order valence-electron chi connectivity index (χ3n) is 3.91. The van der Waals surface area contributed by atoms with Crippen LogP contribution in [-0.4, -0.2) is 12.1 Å². The molecule has 2 rings (SSSR count). The van der Waals surface area contributed by atoms with Crippen LogP contribution in [0.15, 0.2) is 18.2 Å². The highest BCUT2D eigenvalue weighted by Gasteiger charge is 2.44. The van der Waals surface area contributed by atoms with Gasteiger partial charge in [0.1, 0.15) is 5.82 Å². The van der Waals surface area contributed by atoms with Crippen molar-refractivity contribution in [2.24, 2.45) is 17.6 Å². The van der Waals surface area contributed by atoms with E-state index in [4.69, 9.17) is 17.3 Å². The normalized spacial score (nSPS) is 27.1. The molecule has 1 aromatic rings. The molecule has 0 aromatic heterocycles. The number of nitrogens with one attached hydrogen (secondary N) is 1. The molecule has 0 bridgehead atoms. The maximum atomic E-state index is 13.3. The fourth-order valence-electron chi connectivity index (χ4n) is 2.67. The molecule has 0 atom stereocenters. The van der Waals surface area contributed by atoms with Crippen molar-refractivity contribution in [3.8, 4) is 0 Å². The summed E-state index contributed by atoms with van der Waals surface area (Å²) in [6.07, 6.45) is 2.07. The third kappa shape index (κ3) is 2.78. The predicted molar refractivity (Wildman–Crippen MR) is 74.4 cm³/mol. The molecule has 2 nitrogen and oxygen atoms in total. The summed E-state index contributed by atoms with van der Waals surface area (Å²) in [5.74, 6) is 1.05. The standard InChI is InChI=1S/C14H20ClFN2/c1-9(2)10-6-14(7-10,8-17)18-13-4-11(15)3-12(16)5-13/h3-5,9-10,18H,6-8,17H2,1-2H3. The lowest BCUT2D eigenvalue weighted by atomic mass is 9.64. The van der Waals surface area contributed by atoms with Crippen LogP contribution in [0.1, 0.15) is 26.7 Å². The van der Waals surface area contributed by atoms with E-state index in [1.165, 1.54) is 12.1 Å². The van der Waals surface area contributed by atoms with Gasteiger partial charge in [-0.25, -0.2) is 4.39 Å². The minimum Gasteiger partial charge on any atom is -0.378 e. The highest BCUT2D eigenvalue weighted by atomic mass is 35.5. The van der Waals surface area contributed by atoms with Gasteiger partial charge in [0.25, 0.3) is 0 Å². The lowest BCUT2D eigenvalue weighted by molar-refractivity contribution is 0.130. The first-order chi connectivity index (χ1) is 8.44. The van der Waals surface area contributed by atoms with E-state index >= 15 is 0 Å². The molecule has 0 spiro atoms. The van der Waals surface area contributed by atoms with Crippen LogP contribution in [0.2, 0.25) is 5.02 Å². The molecule has 1 aliphatic carbocycles. The van der Waals surface area contributed by atoms with Crippen molar-refractivity contribution >= 4 is 17.3 Å². The summed E-state index contributed by atoms with van der Waals surface area (Å²) in [6.45, 7) is 5.01. The van der Waals surface area contributed by atoms with Crippen LogP contribution in [-0.2, 0) is 0 Å². The minimum absolute atomic E-state index is 0.0912. The molecule has 1 aliphatic rings. The van der Waals surface area contributed by atoms with Gasteiger partial charge in [0.2, 0.25) is 0 Å². The SMILES string of the molecule is CC(C)C1CC(CN)(Nc2cc(F)cc(Cl)c2)C1. The zero-order valence-corrected chi connectivity index (χ0v) is 11.6. The lowest BCUT2D eigenvalue weighted by Crippen LogP contribution is -2.56. The molecular formula is C14H20ClFN2. The number of nitrogens with two attached hydrogens (primary N) is 1. The van der Waals surface area contributed by atoms with Gasteiger partial charge in [0.05, 0.1) is 5.54 Å². The number of anilines is 1. The predicted octanol–water partition coefficient (Wildman–Crippen LogP) is 3.65. The van der Waals surface area contributed by atoms with Gasteiger partial charge in [0.15, 0.2) is 0 Å². The minimum atomic E-state index is -0.322. The highest BCUT2D eigenvalue weighted by Crippen LogP contribution is 2.43. The van der Waals surface area contributed by atoms with E-state index in [0.29, 0.717) is 29.1 Å². The second-order valence-electron chi connectivity index (χ2n) is 5.68. The lowest BCUT2D eigenvalue weighted by Gasteiger charge is -2.50. The van der Waals surface area contributed by atoms with Gasteiger partial charge in [-0.3, -0.25) is 0 Å². The third-order valence-corrected chi connectivity index (χ3v) is 4.13. The summed E-state index contributed by atoms with van der Waals surface area (Å²) in [5.41, 5.74) is 6.49. The van der Waals surface area contributed by atoms with Gasteiger partial charge in [-0.15, -0.1) is 0 Å². The Balaban J connectivity index is 2.08. The van der Waals surface area contributed by atoms with Gasteiger partial charge in [-0.1, -0.05) is 25.4 Å². The zero-order valence-electron chi connectivity index (χ0n) is 10.8. The van der Waals surface area contributed by atoms with Crippen LogP contribution in [0.3, 0.4) is 0 Å². The van der Waals surface area contributed by atoms with Crippen LogP contribution < -0.4 is 11.1 Å². The van der Waals surface area contributed by atoms with E-state index in [0.717, 1.165) is 12.8 Å². The fourth-order valence-corrected chi connectivity index (χ4v) is 2.89. The van der Waals surface area contributed by atoms with E-state index in [-0.39, 0.29) is 11.4 Å². The molecular weight excluding hydrogens is 251 g/mol. The van der Waals surface area contributed by atoms with Crippen molar-refractivity contribution in [2.75, 3.05) is 11.9 Å². The van der Waals surface area contributed by atoms with E-state index in [9.17, 15) is 4.39 Å². The number of hydrogen-bond donors (Lipinski definition) is 2. The first kappa shape index (κ1) is 13.6. The Morgan fingerprint density at radius 1 is 1.44 bits per heavy atom. The average Bonchev–Trinajstić information content (AvgIpc) is 2.20. The number of benzene rings is 1. The Morgan fingerprint density at radius 2 is 2.11 bits per heavy atom. The van der Waals surface area contributed by atoms with Gasteiger partial charge in [0, 0.05) is 17.3 Å². The maximum Gasteiger partial charge on any atom is 0.126 e. The maximum absolute atomic E-state index is 13.3. The molecule has 0 saturated heterocycles. The van der Waals surface area contributed by atoms with E-state index in [1.54, 1.807) is 6.07 Å². The smallest absolute Gasteiger partial charge is 0.126 e. The summed E-state index contributed by atoms with van der Waals surface area (Å²) in [4.78, 5) is 0. The molecule has 1 saturated carbocycles. The molecule has 4 heteroatoms. The summed E-state index contributed by atoms with van der Waals surface area (Å²) < 4.78 is 13.3. The van der Waals surface area contributed by atoms with Gasteiger partial charge in [-0.05, 0) is 42.9 Å². The van der Waals surface area contributed by atoms with Crippen molar-refractivity contribution in [1.82, 2.24) is 0 Å². The molecule has 3 N–H and O–H groups in total. The quantitative estimate of drug-likeness (QED) is 0.876. The fraction of sp³-hybridized carbons (Fsp3) is 0.571. The number of rotatable bonds is 4. The number of hydrogen-bond acceptors (Lipinski definition) is 2. The summed E-state index contributed by atoms with van der Waals surface area (Å²) in [5, 5.41) is 3.77. The van der Waals surface area contributed by atoms with Gasteiger partial charge >= 0.3 is 0 Å². The van der Waals surface area contributed by atoms with Crippen LogP contribution >= 0.6 is 11.6 Å². The average molecular weight is 271 g/mol. The van der Waals surface area contributed by atoms with Crippen molar-refractivity contribution < 1.29 is 4.39 Å². The zero-order chi connectivity index (χ0) is 13.3. The summed E-state index contributed by atoms with van der Waals surface area (Å²) in [6, 6.07) is 4.51. The van der Waals surface area contributed by atoms with E-state index < -0.39 is 0 Å². The molecule has 100 valence electrons. The highest BCUT2D eigenvalue weighted by molar-refractivity contribution is 6.30. The topological polar surface area (TPSA) is 38.0 Å². The molecule has 0 amide bonds. The van der Waals surface area contributed by atoms with Crippen LogP contribution in [0.5, 0.6) is 0 Å². The van der Waals surface area contributed by atoms with Gasteiger partial charge < -0.3 is 11.1 Å². The molecule has 0 unspecified atom stereocenters.